The molecule has 0 aromatic rings. The number of nitrogens with one attached hydrogen (secondary N) is 1. The lowest BCUT2D eigenvalue weighted by Gasteiger charge is -2.34. The molecule has 1 rings (SSSR count). The summed E-state index contributed by atoms with van der Waals surface area (Å²) in [5, 5.41) is 3.38. The zero-order valence-corrected chi connectivity index (χ0v) is 11.7. The minimum absolute atomic E-state index is 0.0576. The lowest BCUT2D eigenvalue weighted by Crippen LogP contribution is -2.34. The molecule has 1 saturated heterocycles. The smallest absolute Gasteiger partial charge is 0.305 e. The lowest BCUT2D eigenvalue weighted by molar-refractivity contribution is -0.142. The predicted octanol–water partition coefficient (Wildman–Crippen LogP) is 2.60. The fourth-order valence-corrected chi connectivity index (χ4v) is 2.81. The van der Waals surface area contributed by atoms with Crippen molar-refractivity contribution in [2.75, 3.05) is 20.2 Å². The van der Waals surface area contributed by atoms with Gasteiger partial charge in [0.05, 0.1) is 7.11 Å². The molecule has 0 bridgehead atoms. The lowest BCUT2D eigenvalue weighted by atomic mass is 9.74. The van der Waals surface area contributed by atoms with Crippen LogP contribution in [0.1, 0.15) is 46.5 Å². The van der Waals surface area contributed by atoms with Gasteiger partial charge in [0.1, 0.15) is 0 Å². The molecule has 1 heterocycles. The summed E-state index contributed by atoms with van der Waals surface area (Å²) >= 11 is 0. The van der Waals surface area contributed by atoms with E-state index in [9.17, 15) is 4.79 Å². The van der Waals surface area contributed by atoms with Gasteiger partial charge >= 0.3 is 5.97 Å². The average Bonchev–Trinajstić information content (AvgIpc) is 2.27. The molecule has 17 heavy (non-hydrogen) atoms. The van der Waals surface area contributed by atoms with E-state index in [4.69, 9.17) is 4.74 Å². The SMILES string of the molecule is COC(=O)CC(CC(C)(C)C)C1CCNCC1. The number of hydrogen-bond donors (Lipinski definition) is 1. The van der Waals surface area contributed by atoms with E-state index in [1.165, 1.54) is 20.0 Å². The van der Waals surface area contributed by atoms with Crippen molar-refractivity contribution in [3.05, 3.63) is 0 Å². The molecule has 3 heteroatoms. The van der Waals surface area contributed by atoms with E-state index in [0.29, 0.717) is 18.3 Å². The molecule has 1 aliphatic heterocycles. The molecule has 0 aromatic heterocycles. The summed E-state index contributed by atoms with van der Waals surface area (Å²) in [5.74, 6) is 1.09. The van der Waals surface area contributed by atoms with Gasteiger partial charge in [-0.15, -0.1) is 0 Å². The molecule has 1 fully saturated rings. The van der Waals surface area contributed by atoms with Crippen molar-refractivity contribution >= 4 is 5.97 Å². The van der Waals surface area contributed by atoms with Crippen LogP contribution in [0.25, 0.3) is 0 Å². The summed E-state index contributed by atoms with van der Waals surface area (Å²) in [4.78, 5) is 11.5. The second-order valence-electron chi connectivity index (χ2n) is 6.39. The molecule has 100 valence electrons. The van der Waals surface area contributed by atoms with E-state index in [1.54, 1.807) is 0 Å². The van der Waals surface area contributed by atoms with E-state index in [1.807, 2.05) is 0 Å². The van der Waals surface area contributed by atoms with Gasteiger partial charge < -0.3 is 10.1 Å². The number of rotatable bonds is 4. The summed E-state index contributed by atoms with van der Waals surface area (Å²) in [5.41, 5.74) is 0.281. The molecule has 0 spiro atoms. The number of carbonyl (C=O) groups is 1. The number of methoxy groups -OCH3 is 1. The molecule has 0 aliphatic carbocycles. The summed E-state index contributed by atoms with van der Waals surface area (Å²) < 4.78 is 4.83. The van der Waals surface area contributed by atoms with Crippen molar-refractivity contribution in [2.24, 2.45) is 17.3 Å². The van der Waals surface area contributed by atoms with Gasteiger partial charge in [-0.05, 0) is 49.6 Å². The normalized spacial score (nSPS) is 20.0. The van der Waals surface area contributed by atoms with Crippen molar-refractivity contribution in [1.82, 2.24) is 5.32 Å². The minimum Gasteiger partial charge on any atom is -0.469 e. The van der Waals surface area contributed by atoms with Crippen LogP contribution in [-0.4, -0.2) is 26.2 Å². The number of ether oxygens (including phenoxy) is 1. The third kappa shape index (κ3) is 5.53. The van der Waals surface area contributed by atoms with E-state index < -0.39 is 0 Å². The van der Waals surface area contributed by atoms with Gasteiger partial charge in [-0.25, -0.2) is 0 Å². The van der Waals surface area contributed by atoms with Crippen LogP contribution in [-0.2, 0) is 9.53 Å². The summed E-state index contributed by atoms with van der Waals surface area (Å²) in [6.45, 7) is 8.92. The number of carbonyl (C=O) groups excluding carboxylic acids is 1. The Bertz CT molecular complexity index is 239. The molecule has 0 saturated carbocycles. The Hall–Kier alpha value is -0.570. The number of piperidine rings is 1. The van der Waals surface area contributed by atoms with E-state index in [2.05, 4.69) is 26.1 Å². The first-order valence-corrected chi connectivity index (χ1v) is 6.70. The van der Waals surface area contributed by atoms with Crippen molar-refractivity contribution in [1.29, 1.82) is 0 Å². The maximum absolute atomic E-state index is 11.5. The Morgan fingerprint density at radius 1 is 1.35 bits per heavy atom. The molecular formula is C14H27NO2. The van der Waals surface area contributed by atoms with E-state index in [0.717, 1.165) is 19.5 Å². The predicted molar refractivity (Wildman–Crippen MR) is 69.8 cm³/mol. The average molecular weight is 241 g/mol. The van der Waals surface area contributed by atoms with Crippen LogP contribution < -0.4 is 5.32 Å². The molecular weight excluding hydrogens is 214 g/mol. The first-order valence-electron chi connectivity index (χ1n) is 6.70. The maximum Gasteiger partial charge on any atom is 0.305 e. The summed E-state index contributed by atoms with van der Waals surface area (Å²) in [7, 11) is 1.49. The molecule has 1 aliphatic rings. The first kappa shape index (κ1) is 14.5. The third-order valence-corrected chi connectivity index (χ3v) is 3.58. The molecule has 1 N–H and O–H groups in total. The fraction of sp³-hybridized carbons (Fsp3) is 0.929. The zero-order valence-electron chi connectivity index (χ0n) is 11.7. The fourth-order valence-electron chi connectivity index (χ4n) is 2.81. The summed E-state index contributed by atoms with van der Waals surface area (Å²) in [6, 6.07) is 0. The van der Waals surface area contributed by atoms with Gasteiger partial charge in [-0.1, -0.05) is 20.8 Å². The largest absolute Gasteiger partial charge is 0.469 e. The topological polar surface area (TPSA) is 38.3 Å². The van der Waals surface area contributed by atoms with Crippen LogP contribution in [0.5, 0.6) is 0 Å². The quantitative estimate of drug-likeness (QED) is 0.769. The Morgan fingerprint density at radius 3 is 2.41 bits per heavy atom. The second-order valence-corrected chi connectivity index (χ2v) is 6.39. The van der Waals surface area contributed by atoms with E-state index >= 15 is 0 Å². The first-order chi connectivity index (χ1) is 7.92. The number of hydrogen-bond acceptors (Lipinski definition) is 3. The van der Waals surface area contributed by atoms with Gasteiger partial charge in [-0.3, -0.25) is 4.79 Å². The highest BCUT2D eigenvalue weighted by atomic mass is 16.5. The summed E-state index contributed by atoms with van der Waals surface area (Å²) in [6.07, 6.45) is 4.07. The highest BCUT2D eigenvalue weighted by Crippen LogP contribution is 2.35. The van der Waals surface area contributed by atoms with Crippen LogP contribution >= 0.6 is 0 Å². The highest BCUT2D eigenvalue weighted by molar-refractivity contribution is 5.69. The van der Waals surface area contributed by atoms with Crippen LogP contribution in [0.15, 0.2) is 0 Å². The third-order valence-electron chi connectivity index (χ3n) is 3.58. The Morgan fingerprint density at radius 2 is 1.94 bits per heavy atom. The van der Waals surface area contributed by atoms with Gasteiger partial charge in [0.2, 0.25) is 0 Å². The minimum atomic E-state index is -0.0576. The van der Waals surface area contributed by atoms with Crippen LogP contribution in [0.4, 0.5) is 0 Å². The number of esters is 1. The molecule has 1 atom stereocenters. The van der Waals surface area contributed by atoms with Crippen LogP contribution in [0, 0.1) is 17.3 Å². The zero-order chi connectivity index (χ0) is 12.9. The monoisotopic (exact) mass is 241 g/mol. The van der Waals surface area contributed by atoms with Crippen molar-refractivity contribution in [2.45, 2.75) is 46.5 Å². The second kappa shape index (κ2) is 6.39. The molecule has 0 aromatic carbocycles. The van der Waals surface area contributed by atoms with Crippen molar-refractivity contribution in [3.63, 3.8) is 0 Å². The Kier molecular flexibility index (Phi) is 5.44. The van der Waals surface area contributed by atoms with Crippen molar-refractivity contribution < 1.29 is 9.53 Å². The van der Waals surface area contributed by atoms with Crippen LogP contribution in [0.3, 0.4) is 0 Å². The van der Waals surface area contributed by atoms with Gasteiger partial charge in [0.15, 0.2) is 0 Å². The molecule has 0 amide bonds. The van der Waals surface area contributed by atoms with Gasteiger partial charge in [0, 0.05) is 6.42 Å². The Balaban J connectivity index is 2.59. The molecule has 1 unspecified atom stereocenters. The highest BCUT2D eigenvalue weighted by Gasteiger charge is 2.29. The van der Waals surface area contributed by atoms with Gasteiger partial charge in [-0.2, -0.15) is 0 Å². The standard InChI is InChI=1S/C14H27NO2/c1-14(2,3)10-12(9-13(16)17-4)11-5-7-15-8-6-11/h11-12,15H,5-10H2,1-4H3. The molecule has 0 radical (unpaired) electrons. The van der Waals surface area contributed by atoms with Crippen LogP contribution in [0.2, 0.25) is 0 Å². The molecule has 3 nitrogen and oxygen atoms in total. The Labute approximate surface area is 105 Å². The van der Waals surface area contributed by atoms with Gasteiger partial charge in [0.25, 0.3) is 0 Å². The van der Waals surface area contributed by atoms with Crippen molar-refractivity contribution in [3.8, 4) is 0 Å². The maximum atomic E-state index is 11.5. The van der Waals surface area contributed by atoms with E-state index in [-0.39, 0.29) is 11.4 Å².